The first-order valence-corrected chi connectivity index (χ1v) is 6.24. The molecule has 0 aromatic heterocycles. The van der Waals surface area contributed by atoms with Crippen LogP contribution in [-0.4, -0.2) is 30.3 Å². The van der Waals surface area contributed by atoms with Crippen molar-refractivity contribution in [3.63, 3.8) is 0 Å². The van der Waals surface area contributed by atoms with Gasteiger partial charge in [-0.15, -0.1) is 0 Å². The molecule has 1 unspecified atom stereocenters. The number of carbonyl (C=O) groups is 1. The lowest BCUT2D eigenvalue weighted by molar-refractivity contribution is -0.126. The van der Waals surface area contributed by atoms with Gasteiger partial charge in [0.05, 0.1) is 6.61 Å². The van der Waals surface area contributed by atoms with E-state index in [0.29, 0.717) is 13.0 Å². The molecule has 1 aromatic rings. The highest BCUT2D eigenvalue weighted by atomic mass is 16.5. The molecule has 1 rings (SSSR count). The Morgan fingerprint density at radius 2 is 2.11 bits per heavy atom. The molecule has 0 spiro atoms. The van der Waals surface area contributed by atoms with E-state index in [1.54, 1.807) is 0 Å². The number of aliphatic hydroxyl groups is 1. The summed E-state index contributed by atoms with van der Waals surface area (Å²) in [5.41, 5.74) is 1.05. The van der Waals surface area contributed by atoms with Crippen molar-refractivity contribution in [3.05, 3.63) is 35.9 Å². The van der Waals surface area contributed by atoms with Gasteiger partial charge in [0.15, 0.2) is 0 Å². The van der Waals surface area contributed by atoms with Crippen molar-refractivity contribution in [2.45, 2.75) is 32.4 Å². The average molecular weight is 251 g/mol. The largest absolute Gasteiger partial charge is 0.396 e. The molecule has 1 aromatic carbocycles. The maximum Gasteiger partial charge on any atom is 0.246 e. The Balaban J connectivity index is 2.13. The minimum atomic E-state index is -0.114. The number of aliphatic hydroxyl groups excluding tert-OH is 1. The Morgan fingerprint density at radius 3 is 2.78 bits per heavy atom. The van der Waals surface area contributed by atoms with Crippen molar-refractivity contribution < 1.29 is 14.6 Å². The number of hydrogen-bond donors (Lipinski definition) is 2. The van der Waals surface area contributed by atoms with Crippen LogP contribution >= 0.6 is 0 Å². The van der Waals surface area contributed by atoms with Crippen LogP contribution in [0.2, 0.25) is 0 Å². The summed E-state index contributed by atoms with van der Waals surface area (Å²) in [4.78, 5) is 11.5. The highest BCUT2D eigenvalue weighted by molar-refractivity contribution is 5.77. The summed E-state index contributed by atoms with van der Waals surface area (Å²) in [6.07, 6.45) is 1.48. The summed E-state index contributed by atoms with van der Waals surface area (Å²) in [5.74, 6) is -0.114. The van der Waals surface area contributed by atoms with E-state index in [9.17, 15) is 4.79 Å². The van der Waals surface area contributed by atoms with E-state index in [2.05, 4.69) is 5.32 Å². The Morgan fingerprint density at radius 1 is 1.39 bits per heavy atom. The van der Waals surface area contributed by atoms with Gasteiger partial charge in [-0.25, -0.2) is 0 Å². The first-order chi connectivity index (χ1) is 8.72. The van der Waals surface area contributed by atoms with Crippen LogP contribution in [0.5, 0.6) is 0 Å². The van der Waals surface area contributed by atoms with E-state index < -0.39 is 0 Å². The molecule has 1 atom stereocenters. The van der Waals surface area contributed by atoms with Crippen LogP contribution in [0.15, 0.2) is 30.3 Å². The third-order valence-corrected chi connectivity index (χ3v) is 2.55. The molecule has 1 amide bonds. The van der Waals surface area contributed by atoms with Gasteiger partial charge in [0.2, 0.25) is 5.91 Å². The molecular weight excluding hydrogens is 230 g/mol. The van der Waals surface area contributed by atoms with E-state index in [0.717, 1.165) is 12.0 Å². The highest BCUT2D eigenvalue weighted by Gasteiger charge is 2.06. The van der Waals surface area contributed by atoms with Crippen LogP contribution in [0, 0.1) is 0 Å². The van der Waals surface area contributed by atoms with Crippen molar-refractivity contribution in [1.82, 2.24) is 5.32 Å². The predicted octanol–water partition coefficient (Wildman–Crippen LogP) is 1.48. The Kier molecular flexibility index (Phi) is 7.06. The van der Waals surface area contributed by atoms with Gasteiger partial charge in [0.1, 0.15) is 6.61 Å². The molecule has 0 aliphatic carbocycles. The van der Waals surface area contributed by atoms with E-state index in [-0.39, 0.29) is 25.2 Å². The van der Waals surface area contributed by atoms with Gasteiger partial charge in [0, 0.05) is 12.6 Å². The number of benzene rings is 1. The van der Waals surface area contributed by atoms with Gasteiger partial charge in [-0.1, -0.05) is 30.3 Å². The van der Waals surface area contributed by atoms with Gasteiger partial charge in [-0.05, 0) is 25.3 Å². The second-order valence-electron chi connectivity index (χ2n) is 4.31. The highest BCUT2D eigenvalue weighted by Crippen LogP contribution is 2.00. The molecule has 0 radical (unpaired) electrons. The maximum atomic E-state index is 11.5. The molecule has 0 fully saturated rings. The van der Waals surface area contributed by atoms with E-state index in [1.807, 2.05) is 37.3 Å². The van der Waals surface area contributed by atoms with Crippen molar-refractivity contribution in [2.75, 3.05) is 13.2 Å². The number of rotatable bonds is 8. The molecule has 0 saturated heterocycles. The lowest BCUT2D eigenvalue weighted by Crippen LogP contribution is -2.35. The SMILES string of the molecule is CC(CCCO)NC(=O)COCc1ccccc1. The number of hydrogen-bond acceptors (Lipinski definition) is 3. The monoisotopic (exact) mass is 251 g/mol. The van der Waals surface area contributed by atoms with Crippen LogP contribution < -0.4 is 5.32 Å². The topological polar surface area (TPSA) is 58.6 Å². The molecule has 0 saturated carbocycles. The molecule has 4 heteroatoms. The summed E-state index contributed by atoms with van der Waals surface area (Å²) in [6, 6.07) is 9.82. The molecule has 100 valence electrons. The third kappa shape index (κ3) is 6.37. The summed E-state index contributed by atoms with van der Waals surface area (Å²) in [7, 11) is 0. The molecule has 18 heavy (non-hydrogen) atoms. The van der Waals surface area contributed by atoms with E-state index in [1.165, 1.54) is 0 Å². The third-order valence-electron chi connectivity index (χ3n) is 2.55. The molecule has 4 nitrogen and oxygen atoms in total. The quantitative estimate of drug-likeness (QED) is 0.735. The number of amides is 1. The summed E-state index contributed by atoms with van der Waals surface area (Å²) in [5, 5.41) is 11.5. The van der Waals surface area contributed by atoms with Gasteiger partial charge >= 0.3 is 0 Å². The Labute approximate surface area is 108 Å². The van der Waals surface area contributed by atoms with Crippen LogP contribution in [-0.2, 0) is 16.1 Å². The molecule has 0 aliphatic heterocycles. The first-order valence-electron chi connectivity index (χ1n) is 6.24. The normalized spacial score (nSPS) is 12.1. The zero-order valence-corrected chi connectivity index (χ0v) is 10.8. The summed E-state index contributed by atoms with van der Waals surface area (Å²) < 4.78 is 5.33. The number of carbonyl (C=O) groups excluding carboxylic acids is 1. The summed E-state index contributed by atoms with van der Waals surface area (Å²) >= 11 is 0. The van der Waals surface area contributed by atoms with E-state index in [4.69, 9.17) is 9.84 Å². The molecule has 0 heterocycles. The second kappa shape index (κ2) is 8.66. The van der Waals surface area contributed by atoms with Gasteiger partial charge in [0.25, 0.3) is 0 Å². The van der Waals surface area contributed by atoms with Crippen molar-refractivity contribution >= 4 is 5.91 Å². The molecule has 2 N–H and O–H groups in total. The van der Waals surface area contributed by atoms with Crippen LogP contribution in [0.3, 0.4) is 0 Å². The fourth-order valence-corrected chi connectivity index (χ4v) is 1.62. The Hall–Kier alpha value is -1.39. The minimum Gasteiger partial charge on any atom is -0.396 e. The zero-order valence-electron chi connectivity index (χ0n) is 10.8. The van der Waals surface area contributed by atoms with Gasteiger partial charge < -0.3 is 15.2 Å². The molecule has 0 bridgehead atoms. The Bertz CT molecular complexity index is 340. The fraction of sp³-hybridized carbons (Fsp3) is 0.500. The summed E-state index contributed by atoms with van der Waals surface area (Å²) in [6.45, 7) is 2.59. The zero-order chi connectivity index (χ0) is 13.2. The standard InChI is InChI=1S/C14H21NO3/c1-12(6-5-9-16)15-14(17)11-18-10-13-7-3-2-4-8-13/h2-4,7-8,12,16H,5-6,9-11H2,1H3,(H,15,17). The number of ether oxygens (including phenoxy) is 1. The lowest BCUT2D eigenvalue weighted by Gasteiger charge is -2.13. The van der Waals surface area contributed by atoms with Gasteiger partial charge in [-0.3, -0.25) is 4.79 Å². The van der Waals surface area contributed by atoms with Crippen LogP contribution in [0.4, 0.5) is 0 Å². The minimum absolute atomic E-state index is 0.0678. The van der Waals surface area contributed by atoms with Crippen molar-refractivity contribution in [3.8, 4) is 0 Å². The second-order valence-corrected chi connectivity index (χ2v) is 4.31. The number of nitrogens with one attached hydrogen (secondary N) is 1. The average Bonchev–Trinajstić information content (AvgIpc) is 2.37. The van der Waals surface area contributed by atoms with Crippen LogP contribution in [0.25, 0.3) is 0 Å². The fourth-order valence-electron chi connectivity index (χ4n) is 1.62. The molecule has 0 aliphatic rings. The maximum absolute atomic E-state index is 11.5. The van der Waals surface area contributed by atoms with Crippen molar-refractivity contribution in [2.24, 2.45) is 0 Å². The first kappa shape index (κ1) is 14.7. The van der Waals surface area contributed by atoms with E-state index >= 15 is 0 Å². The lowest BCUT2D eigenvalue weighted by atomic mass is 10.2. The van der Waals surface area contributed by atoms with Crippen LogP contribution in [0.1, 0.15) is 25.3 Å². The predicted molar refractivity (Wildman–Crippen MR) is 70.0 cm³/mol. The van der Waals surface area contributed by atoms with Gasteiger partial charge in [-0.2, -0.15) is 0 Å². The smallest absolute Gasteiger partial charge is 0.246 e. The molecular formula is C14H21NO3. The van der Waals surface area contributed by atoms with Crippen molar-refractivity contribution in [1.29, 1.82) is 0 Å².